The van der Waals surface area contributed by atoms with Gasteiger partial charge in [0.15, 0.2) is 0 Å². The predicted molar refractivity (Wildman–Crippen MR) is 79.3 cm³/mol. The van der Waals surface area contributed by atoms with Crippen molar-refractivity contribution in [3.63, 3.8) is 0 Å². The van der Waals surface area contributed by atoms with Gasteiger partial charge in [0.25, 0.3) is 0 Å². The summed E-state index contributed by atoms with van der Waals surface area (Å²) < 4.78 is 18.8. The number of nitrogens with zero attached hydrogens (tertiary/aromatic N) is 2. The molecule has 1 aromatic rings. The molecule has 0 spiro atoms. The van der Waals surface area contributed by atoms with Crippen molar-refractivity contribution in [2.75, 3.05) is 38.2 Å². The Morgan fingerprint density at radius 2 is 1.86 bits per heavy atom. The average molecular weight is 306 g/mol. The zero-order valence-electron chi connectivity index (χ0n) is 12.5. The topological polar surface area (TPSA) is 49.9 Å². The van der Waals surface area contributed by atoms with Crippen molar-refractivity contribution in [2.45, 2.75) is 12.8 Å². The van der Waals surface area contributed by atoms with Gasteiger partial charge in [-0.1, -0.05) is 0 Å². The van der Waals surface area contributed by atoms with Gasteiger partial charge in [-0.05, 0) is 31.0 Å². The Morgan fingerprint density at radius 1 is 1.18 bits per heavy atom. The van der Waals surface area contributed by atoms with Gasteiger partial charge in [-0.25, -0.2) is 9.18 Å². The minimum atomic E-state index is -0.551. The molecule has 0 radical (unpaired) electrons. The van der Waals surface area contributed by atoms with Gasteiger partial charge in [-0.3, -0.25) is 4.79 Å². The third kappa shape index (κ3) is 2.91. The van der Waals surface area contributed by atoms with Gasteiger partial charge in [0.2, 0.25) is 5.91 Å². The highest BCUT2D eigenvalue weighted by molar-refractivity contribution is 5.89. The van der Waals surface area contributed by atoms with E-state index in [1.807, 2.05) is 9.80 Å². The number of rotatable bonds is 3. The second kappa shape index (κ2) is 5.94. The second-order valence-electron chi connectivity index (χ2n) is 5.74. The van der Waals surface area contributed by atoms with E-state index in [4.69, 9.17) is 0 Å². The van der Waals surface area contributed by atoms with Crippen molar-refractivity contribution in [3.8, 4) is 0 Å². The lowest BCUT2D eigenvalue weighted by molar-refractivity contribution is -0.132. The average Bonchev–Trinajstić information content (AvgIpc) is 3.38. The number of esters is 1. The molecule has 1 amide bonds. The molecule has 1 saturated carbocycles. The van der Waals surface area contributed by atoms with Crippen LogP contribution in [0, 0.1) is 11.7 Å². The Balaban J connectivity index is 1.65. The molecule has 3 rings (SSSR count). The number of benzene rings is 1. The van der Waals surface area contributed by atoms with Crippen LogP contribution < -0.4 is 4.90 Å². The lowest BCUT2D eigenvalue weighted by Crippen LogP contribution is -2.49. The Labute approximate surface area is 128 Å². The van der Waals surface area contributed by atoms with Crippen LogP contribution in [0.5, 0.6) is 0 Å². The molecule has 6 heteroatoms. The Hall–Kier alpha value is -2.11. The molecule has 1 heterocycles. The molecular weight excluding hydrogens is 287 g/mol. The van der Waals surface area contributed by atoms with E-state index in [1.165, 1.54) is 13.2 Å². The van der Waals surface area contributed by atoms with Gasteiger partial charge < -0.3 is 14.5 Å². The molecule has 5 nitrogen and oxygen atoms in total. The fourth-order valence-corrected chi connectivity index (χ4v) is 2.76. The maximum absolute atomic E-state index is 14.2. The van der Waals surface area contributed by atoms with Crippen LogP contribution in [0.25, 0.3) is 0 Å². The molecule has 1 aromatic carbocycles. The first-order chi connectivity index (χ1) is 10.6. The summed E-state index contributed by atoms with van der Waals surface area (Å²) in [7, 11) is 1.27. The number of halogens is 1. The van der Waals surface area contributed by atoms with Crippen LogP contribution in [0.1, 0.15) is 23.2 Å². The van der Waals surface area contributed by atoms with Crippen molar-refractivity contribution in [3.05, 3.63) is 29.6 Å². The normalized spacial score (nSPS) is 18.3. The third-order valence-electron chi connectivity index (χ3n) is 4.23. The number of amides is 1. The Morgan fingerprint density at radius 3 is 2.41 bits per heavy atom. The molecule has 1 saturated heterocycles. The van der Waals surface area contributed by atoms with Crippen LogP contribution in [-0.4, -0.2) is 50.1 Å². The van der Waals surface area contributed by atoms with Crippen molar-refractivity contribution < 1.29 is 18.7 Å². The first kappa shape index (κ1) is 14.8. The number of piperazine rings is 1. The highest BCUT2D eigenvalue weighted by Crippen LogP contribution is 2.31. The minimum absolute atomic E-state index is 0.200. The second-order valence-corrected chi connectivity index (χ2v) is 5.74. The summed E-state index contributed by atoms with van der Waals surface area (Å²) in [6, 6.07) is 4.36. The number of hydrogen-bond donors (Lipinski definition) is 0. The van der Waals surface area contributed by atoms with Crippen LogP contribution in [0.3, 0.4) is 0 Å². The Kier molecular flexibility index (Phi) is 4.00. The van der Waals surface area contributed by atoms with Gasteiger partial charge in [0, 0.05) is 32.1 Å². The molecule has 0 unspecified atom stereocenters. The summed E-state index contributed by atoms with van der Waals surface area (Å²) in [6.07, 6.45) is 2.01. The molecule has 0 bridgehead atoms. The molecule has 1 aliphatic carbocycles. The summed E-state index contributed by atoms with van der Waals surface area (Å²) in [5, 5.41) is 0. The maximum atomic E-state index is 14.2. The highest BCUT2D eigenvalue weighted by atomic mass is 19.1. The lowest BCUT2D eigenvalue weighted by Gasteiger charge is -2.36. The highest BCUT2D eigenvalue weighted by Gasteiger charge is 2.34. The first-order valence-corrected chi connectivity index (χ1v) is 7.51. The van der Waals surface area contributed by atoms with Crippen LogP contribution in [0.4, 0.5) is 10.1 Å². The van der Waals surface area contributed by atoms with Crippen LogP contribution in [0.15, 0.2) is 18.2 Å². The summed E-state index contributed by atoms with van der Waals surface area (Å²) >= 11 is 0. The standard InChI is InChI=1S/C16H19FN2O3/c1-22-16(21)12-4-5-14(13(17)10-12)18-6-8-19(9-7-18)15(20)11-2-3-11/h4-5,10-11H,2-3,6-9H2,1H3. The number of carbonyl (C=O) groups is 2. The van der Waals surface area contributed by atoms with Gasteiger partial charge in [-0.15, -0.1) is 0 Å². The van der Waals surface area contributed by atoms with E-state index in [9.17, 15) is 14.0 Å². The summed E-state index contributed by atoms with van der Waals surface area (Å²) in [6.45, 7) is 2.45. The molecular formula is C16H19FN2O3. The van der Waals surface area contributed by atoms with Crippen molar-refractivity contribution in [1.82, 2.24) is 4.90 Å². The zero-order chi connectivity index (χ0) is 15.7. The lowest BCUT2D eigenvalue weighted by atomic mass is 10.1. The van der Waals surface area contributed by atoms with Crippen LogP contribution in [-0.2, 0) is 9.53 Å². The molecule has 2 aliphatic rings. The quantitative estimate of drug-likeness (QED) is 0.797. The first-order valence-electron chi connectivity index (χ1n) is 7.51. The third-order valence-corrected chi connectivity index (χ3v) is 4.23. The van der Waals surface area contributed by atoms with E-state index in [-0.39, 0.29) is 17.4 Å². The van der Waals surface area contributed by atoms with Gasteiger partial charge >= 0.3 is 5.97 Å². The summed E-state index contributed by atoms with van der Waals surface area (Å²) in [5.41, 5.74) is 0.664. The number of methoxy groups -OCH3 is 1. The number of ether oxygens (including phenoxy) is 1. The van der Waals surface area contributed by atoms with Crippen molar-refractivity contribution in [1.29, 1.82) is 0 Å². The molecule has 22 heavy (non-hydrogen) atoms. The SMILES string of the molecule is COC(=O)c1ccc(N2CCN(C(=O)C3CC3)CC2)c(F)c1. The maximum Gasteiger partial charge on any atom is 0.337 e. The van der Waals surface area contributed by atoms with E-state index in [1.54, 1.807) is 12.1 Å². The smallest absolute Gasteiger partial charge is 0.337 e. The summed E-state index contributed by atoms with van der Waals surface area (Å²) in [4.78, 5) is 27.2. The molecule has 1 aliphatic heterocycles. The fraction of sp³-hybridized carbons (Fsp3) is 0.500. The monoisotopic (exact) mass is 306 g/mol. The predicted octanol–water partition coefficient (Wildman–Crippen LogP) is 1.67. The van der Waals surface area contributed by atoms with Crippen molar-refractivity contribution in [2.24, 2.45) is 5.92 Å². The van der Waals surface area contributed by atoms with E-state index >= 15 is 0 Å². The molecule has 0 aromatic heterocycles. The number of hydrogen-bond acceptors (Lipinski definition) is 4. The number of carbonyl (C=O) groups excluding carboxylic acids is 2. The van der Waals surface area contributed by atoms with Crippen LogP contribution in [0.2, 0.25) is 0 Å². The van der Waals surface area contributed by atoms with E-state index in [0.29, 0.717) is 31.9 Å². The Bertz CT molecular complexity index is 593. The molecule has 2 fully saturated rings. The largest absolute Gasteiger partial charge is 0.465 e. The fourth-order valence-electron chi connectivity index (χ4n) is 2.76. The van der Waals surface area contributed by atoms with Gasteiger partial charge in [0.05, 0.1) is 18.4 Å². The van der Waals surface area contributed by atoms with E-state index in [0.717, 1.165) is 12.8 Å². The summed E-state index contributed by atoms with van der Waals surface area (Å²) in [5.74, 6) is -0.529. The van der Waals surface area contributed by atoms with Crippen molar-refractivity contribution >= 4 is 17.6 Å². The number of anilines is 1. The van der Waals surface area contributed by atoms with E-state index < -0.39 is 11.8 Å². The molecule has 118 valence electrons. The molecule has 0 atom stereocenters. The molecule has 0 N–H and O–H groups in total. The van der Waals surface area contributed by atoms with Crippen LogP contribution >= 0.6 is 0 Å². The van der Waals surface area contributed by atoms with E-state index in [2.05, 4.69) is 4.74 Å². The van der Waals surface area contributed by atoms with Gasteiger partial charge in [0.1, 0.15) is 5.82 Å². The van der Waals surface area contributed by atoms with Gasteiger partial charge in [-0.2, -0.15) is 0 Å². The minimum Gasteiger partial charge on any atom is -0.465 e. The zero-order valence-corrected chi connectivity index (χ0v) is 12.5.